The van der Waals surface area contributed by atoms with Gasteiger partial charge in [0.05, 0.1) is 6.61 Å². The topological polar surface area (TPSA) is 9.23 Å². The Morgan fingerprint density at radius 2 is 2.00 bits per heavy atom. The third kappa shape index (κ3) is 4.18. The molecule has 0 atom stereocenters. The van der Waals surface area contributed by atoms with Crippen molar-refractivity contribution in [1.29, 1.82) is 0 Å². The van der Waals surface area contributed by atoms with Crippen molar-refractivity contribution < 1.29 is 9.13 Å². The van der Waals surface area contributed by atoms with E-state index in [2.05, 4.69) is 6.92 Å². The highest BCUT2D eigenvalue weighted by atomic mass is 32.2. The van der Waals surface area contributed by atoms with Crippen LogP contribution in [0.1, 0.15) is 6.92 Å². The highest BCUT2D eigenvalue weighted by Gasteiger charge is 1.93. The number of thioether (sulfide) groups is 1. The molecule has 72 valence electrons. The van der Waals surface area contributed by atoms with Gasteiger partial charge in [0.2, 0.25) is 0 Å². The maximum absolute atomic E-state index is 12.5. The van der Waals surface area contributed by atoms with E-state index in [4.69, 9.17) is 4.74 Å². The number of ether oxygens (including phenoxy) is 1. The van der Waals surface area contributed by atoms with Crippen molar-refractivity contribution >= 4 is 11.8 Å². The SMILES string of the molecule is CCSCCOc1ccc(F)cc1. The molecule has 0 fully saturated rings. The molecule has 0 aliphatic heterocycles. The van der Waals surface area contributed by atoms with E-state index in [0.717, 1.165) is 17.3 Å². The summed E-state index contributed by atoms with van der Waals surface area (Å²) in [5.74, 6) is 2.59. The minimum atomic E-state index is -0.227. The van der Waals surface area contributed by atoms with Crippen LogP contribution in [0.15, 0.2) is 24.3 Å². The highest BCUT2D eigenvalue weighted by Crippen LogP contribution is 2.11. The fourth-order valence-electron chi connectivity index (χ4n) is 0.894. The van der Waals surface area contributed by atoms with Crippen LogP contribution in [0, 0.1) is 5.82 Å². The average molecular weight is 200 g/mol. The normalized spacial score (nSPS) is 10.0. The quantitative estimate of drug-likeness (QED) is 0.676. The van der Waals surface area contributed by atoms with Crippen molar-refractivity contribution in [1.82, 2.24) is 0 Å². The fraction of sp³-hybridized carbons (Fsp3) is 0.400. The summed E-state index contributed by atoms with van der Waals surface area (Å²) < 4.78 is 17.8. The first-order chi connectivity index (χ1) is 6.33. The lowest BCUT2D eigenvalue weighted by Crippen LogP contribution is -2.00. The molecule has 0 bridgehead atoms. The van der Waals surface area contributed by atoms with E-state index in [9.17, 15) is 4.39 Å². The van der Waals surface area contributed by atoms with Crippen LogP contribution in [0.5, 0.6) is 5.75 Å². The first-order valence-corrected chi connectivity index (χ1v) is 5.44. The van der Waals surface area contributed by atoms with Crippen LogP contribution >= 0.6 is 11.8 Å². The second-order valence-corrected chi connectivity index (χ2v) is 3.89. The minimum absolute atomic E-state index is 0.227. The zero-order valence-electron chi connectivity index (χ0n) is 7.63. The van der Waals surface area contributed by atoms with Crippen molar-refractivity contribution in [3.05, 3.63) is 30.1 Å². The van der Waals surface area contributed by atoms with Crippen LogP contribution < -0.4 is 4.74 Å². The highest BCUT2D eigenvalue weighted by molar-refractivity contribution is 7.99. The first-order valence-electron chi connectivity index (χ1n) is 4.29. The molecule has 0 aromatic heterocycles. The van der Waals surface area contributed by atoms with Gasteiger partial charge in [-0.1, -0.05) is 6.92 Å². The van der Waals surface area contributed by atoms with Gasteiger partial charge in [0.15, 0.2) is 0 Å². The Kier molecular flexibility index (Phi) is 4.68. The second kappa shape index (κ2) is 5.86. The maximum atomic E-state index is 12.5. The minimum Gasteiger partial charge on any atom is -0.493 e. The molecule has 0 unspecified atom stereocenters. The van der Waals surface area contributed by atoms with Crippen LogP contribution in [0.2, 0.25) is 0 Å². The molecule has 3 heteroatoms. The summed E-state index contributed by atoms with van der Waals surface area (Å²) in [6.45, 7) is 2.80. The molecule has 0 amide bonds. The Bertz CT molecular complexity index is 235. The lowest BCUT2D eigenvalue weighted by Gasteiger charge is -2.04. The summed E-state index contributed by atoms with van der Waals surface area (Å²) in [6, 6.07) is 6.10. The molecular formula is C10H13FOS. The number of hydrogen-bond donors (Lipinski definition) is 0. The van der Waals surface area contributed by atoms with E-state index in [0.29, 0.717) is 6.61 Å². The summed E-state index contributed by atoms with van der Waals surface area (Å²) in [4.78, 5) is 0. The van der Waals surface area contributed by atoms with Crippen LogP contribution in [0.25, 0.3) is 0 Å². The van der Waals surface area contributed by atoms with Crippen molar-refractivity contribution in [2.75, 3.05) is 18.1 Å². The van der Waals surface area contributed by atoms with Crippen molar-refractivity contribution in [3.8, 4) is 5.75 Å². The Hall–Kier alpha value is -0.700. The molecule has 0 heterocycles. The standard InChI is InChI=1S/C10H13FOS/c1-2-13-8-7-12-10-5-3-9(11)4-6-10/h3-6H,2,7-8H2,1H3. The molecule has 0 aliphatic rings. The Morgan fingerprint density at radius 3 is 2.62 bits per heavy atom. The number of halogens is 1. The molecule has 0 saturated carbocycles. The van der Waals surface area contributed by atoms with E-state index >= 15 is 0 Å². The van der Waals surface area contributed by atoms with E-state index in [1.165, 1.54) is 12.1 Å². The number of rotatable bonds is 5. The summed E-state index contributed by atoms with van der Waals surface area (Å²) in [5.41, 5.74) is 0. The lowest BCUT2D eigenvalue weighted by molar-refractivity contribution is 0.343. The molecule has 0 saturated heterocycles. The molecule has 1 nitrogen and oxygen atoms in total. The molecule has 1 rings (SSSR count). The van der Waals surface area contributed by atoms with Crippen LogP contribution in [0.4, 0.5) is 4.39 Å². The van der Waals surface area contributed by atoms with Gasteiger partial charge in [-0.25, -0.2) is 4.39 Å². The molecule has 0 spiro atoms. The zero-order chi connectivity index (χ0) is 9.52. The molecule has 0 aliphatic carbocycles. The third-order valence-electron chi connectivity index (χ3n) is 1.51. The lowest BCUT2D eigenvalue weighted by atomic mass is 10.3. The fourth-order valence-corrected chi connectivity index (χ4v) is 1.38. The van der Waals surface area contributed by atoms with Gasteiger partial charge >= 0.3 is 0 Å². The van der Waals surface area contributed by atoms with Gasteiger partial charge in [-0.15, -0.1) is 0 Å². The Morgan fingerprint density at radius 1 is 1.31 bits per heavy atom. The summed E-state index contributed by atoms with van der Waals surface area (Å²) in [7, 11) is 0. The van der Waals surface area contributed by atoms with Crippen LogP contribution in [-0.4, -0.2) is 18.1 Å². The van der Waals surface area contributed by atoms with Gasteiger partial charge in [0, 0.05) is 5.75 Å². The zero-order valence-corrected chi connectivity index (χ0v) is 8.44. The van der Waals surface area contributed by atoms with Crippen LogP contribution in [-0.2, 0) is 0 Å². The van der Waals surface area contributed by atoms with Gasteiger partial charge in [-0.2, -0.15) is 11.8 Å². The maximum Gasteiger partial charge on any atom is 0.123 e. The van der Waals surface area contributed by atoms with Gasteiger partial charge in [-0.3, -0.25) is 0 Å². The molecule has 0 radical (unpaired) electrons. The monoisotopic (exact) mass is 200 g/mol. The van der Waals surface area contributed by atoms with E-state index in [-0.39, 0.29) is 5.82 Å². The molecule has 1 aromatic carbocycles. The molecule has 0 N–H and O–H groups in total. The summed E-state index contributed by atoms with van der Waals surface area (Å²) >= 11 is 1.83. The van der Waals surface area contributed by atoms with Crippen molar-refractivity contribution in [2.45, 2.75) is 6.92 Å². The number of benzene rings is 1. The van der Waals surface area contributed by atoms with Crippen molar-refractivity contribution in [2.24, 2.45) is 0 Å². The Balaban J connectivity index is 2.25. The van der Waals surface area contributed by atoms with Gasteiger partial charge in [-0.05, 0) is 30.0 Å². The predicted octanol–water partition coefficient (Wildman–Crippen LogP) is 2.96. The summed E-state index contributed by atoms with van der Waals surface area (Å²) in [6.07, 6.45) is 0. The second-order valence-electron chi connectivity index (χ2n) is 2.50. The van der Waals surface area contributed by atoms with E-state index in [1.807, 2.05) is 11.8 Å². The van der Waals surface area contributed by atoms with Crippen LogP contribution in [0.3, 0.4) is 0 Å². The van der Waals surface area contributed by atoms with E-state index in [1.54, 1.807) is 12.1 Å². The molecular weight excluding hydrogens is 187 g/mol. The largest absolute Gasteiger partial charge is 0.493 e. The predicted molar refractivity (Wildman–Crippen MR) is 54.9 cm³/mol. The van der Waals surface area contributed by atoms with E-state index < -0.39 is 0 Å². The van der Waals surface area contributed by atoms with Gasteiger partial charge in [0.25, 0.3) is 0 Å². The summed E-state index contributed by atoms with van der Waals surface area (Å²) in [5, 5.41) is 0. The smallest absolute Gasteiger partial charge is 0.123 e. The molecule has 1 aromatic rings. The first kappa shape index (κ1) is 10.4. The third-order valence-corrected chi connectivity index (χ3v) is 2.38. The van der Waals surface area contributed by atoms with Gasteiger partial charge < -0.3 is 4.74 Å². The van der Waals surface area contributed by atoms with Crippen molar-refractivity contribution in [3.63, 3.8) is 0 Å². The number of hydrogen-bond acceptors (Lipinski definition) is 2. The average Bonchev–Trinajstić information content (AvgIpc) is 2.15. The Labute approximate surface area is 82.3 Å². The van der Waals surface area contributed by atoms with Gasteiger partial charge in [0.1, 0.15) is 11.6 Å². The molecule has 13 heavy (non-hydrogen) atoms.